The average molecular weight is 353 g/mol. The second kappa shape index (κ2) is 6.43. The maximum atomic E-state index is 12.5. The van der Waals surface area contributed by atoms with Crippen LogP contribution in [-0.2, 0) is 4.79 Å². The first-order valence-electron chi connectivity index (χ1n) is 9.95. The zero-order valence-electron chi connectivity index (χ0n) is 15.0. The quantitative estimate of drug-likeness (QED) is 0.571. The molecular formula is C20H27N5O. The number of carbonyl (C=O) groups is 1. The van der Waals surface area contributed by atoms with E-state index in [0.29, 0.717) is 11.5 Å². The molecule has 6 heteroatoms. The zero-order valence-corrected chi connectivity index (χ0v) is 15.0. The lowest BCUT2D eigenvalue weighted by Crippen LogP contribution is -2.55. The van der Waals surface area contributed by atoms with Gasteiger partial charge in [0, 0.05) is 12.2 Å². The molecule has 1 aromatic rings. The number of pyridine rings is 1. The predicted octanol–water partition coefficient (Wildman–Crippen LogP) is 1.98. The van der Waals surface area contributed by atoms with Crippen LogP contribution in [0.5, 0.6) is 0 Å². The van der Waals surface area contributed by atoms with E-state index in [1.54, 1.807) is 12.4 Å². The summed E-state index contributed by atoms with van der Waals surface area (Å²) in [5.41, 5.74) is 10.5. The standard InChI is InChI=1S/C20H27N5O/c26-19(25-22-12-16-3-1-2-4-21-16)17-8-18(24-23-17)20-9-13-5-14(10-20)7-15(6-13)11-20/h1-4,12-15,17-18,23-24H,5-11H2,(H,25,26)/b22-12+. The highest BCUT2D eigenvalue weighted by Gasteiger charge is 2.55. The molecule has 4 saturated carbocycles. The van der Waals surface area contributed by atoms with Gasteiger partial charge < -0.3 is 0 Å². The highest BCUT2D eigenvalue weighted by atomic mass is 16.2. The maximum Gasteiger partial charge on any atom is 0.258 e. The van der Waals surface area contributed by atoms with Crippen molar-refractivity contribution in [3.05, 3.63) is 30.1 Å². The summed E-state index contributed by atoms with van der Waals surface area (Å²) < 4.78 is 0. The fourth-order valence-corrected chi connectivity index (χ4v) is 6.43. The van der Waals surface area contributed by atoms with Gasteiger partial charge in [-0.25, -0.2) is 10.9 Å². The summed E-state index contributed by atoms with van der Waals surface area (Å²) in [5.74, 6) is 2.72. The molecule has 6 rings (SSSR count). The molecule has 1 aromatic heterocycles. The monoisotopic (exact) mass is 353 g/mol. The van der Waals surface area contributed by atoms with Crippen molar-refractivity contribution in [2.24, 2.45) is 28.3 Å². The third-order valence-electron chi connectivity index (χ3n) is 7.10. The summed E-state index contributed by atoms with van der Waals surface area (Å²) in [6, 6.07) is 5.80. The number of hydrogen-bond acceptors (Lipinski definition) is 5. The molecule has 26 heavy (non-hydrogen) atoms. The van der Waals surface area contributed by atoms with Gasteiger partial charge >= 0.3 is 0 Å². The Balaban J connectivity index is 1.20. The Morgan fingerprint density at radius 2 is 1.85 bits per heavy atom. The van der Waals surface area contributed by atoms with E-state index in [0.717, 1.165) is 29.9 Å². The Kier molecular flexibility index (Phi) is 4.05. The van der Waals surface area contributed by atoms with Gasteiger partial charge in [0.1, 0.15) is 6.04 Å². The minimum absolute atomic E-state index is 0.0723. The molecule has 0 aromatic carbocycles. The number of nitrogens with one attached hydrogen (secondary N) is 3. The molecule has 2 atom stereocenters. The summed E-state index contributed by atoms with van der Waals surface area (Å²) >= 11 is 0. The van der Waals surface area contributed by atoms with Gasteiger partial charge in [-0.2, -0.15) is 5.10 Å². The number of carbonyl (C=O) groups excluding carboxylic acids is 1. The molecule has 1 aliphatic heterocycles. The Bertz CT molecular complexity index is 668. The fraction of sp³-hybridized carbons (Fsp3) is 0.650. The molecule has 5 fully saturated rings. The number of aromatic nitrogens is 1. The lowest BCUT2D eigenvalue weighted by atomic mass is 9.47. The van der Waals surface area contributed by atoms with Crippen LogP contribution >= 0.6 is 0 Å². The third-order valence-corrected chi connectivity index (χ3v) is 7.10. The van der Waals surface area contributed by atoms with Gasteiger partial charge in [-0.3, -0.25) is 15.2 Å². The Hall–Kier alpha value is -1.79. The molecule has 1 amide bonds. The van der Waals surface area contributed by atoms with Crippen molar-refractivity contribution < 1.29 is 4.79 Å². The first kappa shape index (κ1) is 16.4. The zero-order chi connectivity index (χ0) is 17.6. The van der Waals surface area contributed by atoms with Crippen molar-refractivity contribution in [2.75, 3.05) is 0 Å². The Labute approximate surface area is 154 Å². The van der Waals surface area contributed by atoms with E-state index in [-0.39, 0.29) is 11.9 Å². The summed E-state index contributed by atoms with van der Waals surface area (Å²) in [4.78, 5) is 16.6. The van der Waals surface area contributed by atoms with E-state index in [1.807, 2.05) is 18.2 Å². The van der Waals surface area contributed by atoms with Crippen molar-refractivity contribution >= 4 is 12.1 Å². The summed E-state index contributed by atoms with van der Waals surface area (Å²) in [7, 11) is 0. The fourth-order valence-electron chi connectivity index (χ4n) is 6.43. The van der Waals surface area contributed by atoms with Crippen LogP contribution < -0.4 is 16.3 Å². The van der Waals surface area contributed by atoms with Crippen LogP contribution in [0.4, 0.5) is 0 Å². The van der Waals surface area contributed by atoms with Crippen molar-refractivity contribution in [1.29, 1.82) is 0 Å². The van der Waals surface area contributed by atoms with Crippen molar-refractivity contribution in [1.82, 2.24) is 21.3 Å². The second-order valence-electron chi connectivity index (χ2n) is 8.90. The first-order chi connectivity index (χ1) is 12.7. The van der Waals surface area contributed by atoms with Crippen molar-refractivity contribution in [3.63, 3.8) is 0 Å². The van der Waals surface area contributed by atoms with E-state index in [2.05, 4.69) is 26.4 Å². The van der Waals surface area contributed by atoms with Gasteiger partial charge in [0.25, 0.3) is 5.91 Å². The lowest BCUT2D eigenvalue weighted by molar-refractivity contribution is -0.123. The Morgan fingerprint density at radius 3 is 2.50 bits per heavy atom. The average Bonchev–Trinajstić information content (AvgIpc) is 3.13. The normalized spacial score (nSPS) is 41.0. The summed E-state index contributed by atoms with van der Waals surface area (Å²) in [5, 5.41) is 4.05. The van der Waals surface area contributed by atoms with Crippen LogP contribution in [0.2, 0.25) is 0 Å². The molecule has 138 valence electrons. The molecule has 1 saturated heterocycles. The van der Waals surface area contributed by atoms with Crippen LogP contribution in [0.15, 0.2) is 29.5 Å². The third kappa shape index (κ3) is 2.95. The van der Waals surface area contributed by atoms with Gasteiger partial charge in [0.2, 0.25) is 0 Å². The van der Waals surface area contributed by atoms with E-state index >= 15 is 0 Å². The van der Waals surface area contributed by atoms with Crippen molar-refractivity contribution in [2.45, 2.75) is 57.0 Å². The molecule has 5 aliphatic rings. The van der Waals surface area contributed by atoms with Gasteiger partial charge in [0.05, 0.1) is 11.9 Å². The molecule has 2 heterocycles. The predicted molar refractivity (Wildman–Crippen MR) is 99.0 cm³/mol. The molecule has 2 unspecified atom stereocenters. The molecule has 0 spiro atoms. The molecule has 6 nitrogen and oxygen atoms in total. The highest BCUT2D eigenvalue weighted by molar-refractivity contribution is 5.84. The van der Waals surface area contributed by atoms with Crippen LogP contribution in [0.3, 0.4) is 0 Å². The van der Waals surface area contributed by atoms with E-state index in [4.69, 9.17) is 0 Å². The maximum absolute atomic E-state index is 12.5. The van der Waals surface area contributed by atoms with Gasteiger partial charge in [0.15, 0.2) is 0 Å². The van der Waals surface area contributed by atoms with Gasteiger partial charge in [-0.1, -0.05) is 6.07 Å². The van der Waals surface area contributed by atoms with E-state index in [9.17, 15) is 4.79 Å². The molecule has 3 N–H and O–H groups in total. The number of rotatable bonds is 4. The minimum atomic E-state index is -0.214. The number of hydrogen-bond donors (Lipinski definition) is 3. The second-order valence-corrected chi connectivity index (χ2v) is 8.90. The van der Waals surface area contributed by atoms with Crippen LogP contribution in [-0.4, -0.2) is 29.2 Å². The summed E-state index contributed by atoms with van der Waals surface area (Å²) in [6.45, 7) is 0. The molecular weight excluding hydrogens is 326 g/mol. The lowest BCUT2D eigenvalue weighted by Gasteiger charge is -2.59. The first-order valence-corrected chi connectivity index (χ1v) is 9.95. The van der Waals surface area contributed by atoms with Crippen LogP contribution in [0, 0.1) is 23.2 Å². The van der Waals surface area contributed by atoms with Crippen LogP contribution in [0.1, 0.15) is 50.6 Å². The molecule has 0 radical (unpaired) electrons. The van der Waals surface area contributed by atoms with Crippen LogP contribution in [0.25, 0.3) is 0 Å². The minimum Gasteiger partial charge on any atom is -0.271 e. The largest absolute Gasteiger partial charge is 0.271 e. The number of hydrazine groups is 1. The smallest absolute Gasteiger partial charge is 0.258 e. The number of amides is 1. The molecule has 4 bridgehead atoms. The number of hydrazone groups is 1. The van der Waals surface area contributed by atoms with Gasteiger partial charge in [-0.15, -0.1) is 0 Å². The SMILES string of the molecule is O=C(N/N=C/c1ccccn1)C1CC(C23CC4CC(CC(C4)C2)C3)NN1. The van der Waals surface area contributed by atoms with Gasteiger partial charge in [-0.05, 0) is 80.2 Å². The van der Waals surface area contributed by atoms with Crippen molar-refractivity contribution in [3.8, 4) is 0 Å². The van der Waals surface area contributed by atoms with E-state index < -0.39 is 0 Å². The number of nitrogens with zero attached hydrogens (tertiary/aromatic N) is 2. The molecule has 4 aliphatic carbocycles. The van der Waals surface area contributed by atoms with E-state index in [1.165, 1.54) is 38.5 Å². The highest BCUT2D eigenvalue weighted by Crippen LogP contribution is 2.61. The topological polar surface area (TPSA) is 78.4 Å². The Morgan fingerprint density at radius 1 is 1.12 bits per heavy atom. The summed E-state index contributed by atoms with van der Waals surface area (Å²) in [6.07, 6.45) is 12.6.